The van der Waals surface area contributed by atoms with E-state index in [1.165, 1.54) is 49.0 Å². The zero-order valence-corrected chi connectivity index (χ0v) is 15.6. The van der Waals surface area contributed by atoms with Crippen LogP contribution in [0.3, 0.4) is 0 Å². The van der Waals surface area contributed by atoms with Crippen molar-refractivity contribution in [2.24, 2.45) is 5.92 Å². The molecule has 0 atom stereocenters. The Balaban J connectivity index is 1.36. The number of aryl methyl sites for hydroxylation is 2. The average molecular weight is 358 g/mol. The van der Waals surface area contributed by atoms with E-state index in [4.69, 9.17) is 0 Å². The average Bonchev–Trinajstić information content (AvgIpc) is 3.09. The Morgan fingerprint density at radius 3 is 2.68 bits per heavy atom. The van der Waals surface area contributed by atoms with Gasteiger partial charge in [-0.15, -0.1) is 10.2 Å². The van der Waals surface area contributed by atoms with Crippen molar-refractivity contribution in [3.63, 3.8) is 0 Å². The van der Waals surface area contributed by atoms with E-state index in [-0.39, 0.29) is 5.91 Å². The van der Waals surface area contributed by atoms with Crippen LogP contribution in [0.4, 0.5) is 5.13 Å². The minimum absolute atomic E-state index is 0.0811. The van der Waals surface area contributed by atoms with Gasteiger partial charge in [-0.2, -0.15) is 0 Å². The molecule has 0 spiro atoms. The number of hydrogen-bond donors (Lipinski definition) is 1. The van der Waals surface area contributed by atoms with Crippen LogP contribution in [-0.4, -0.2) is 16.1 Å². The van der Waals surface area contributed by atoms with E-state index in [1.54, 1.807) is 0 Å². The van der Waals surface area contributed by atoms with Crippen molar-refractivity contribution in [2.45, 2.75) is 64.2 Å². The Hall–Kier alpha value is -1.75. The molecule has 0 aliphatic heterocycles. The predicted molar refractivity (Wildman–Crippen MR) is 103 cm³/mol. The summed E-state index contributed by atoms with van der Waals surface area (Å²) >= 11 is 1.50. The molecule has 1 amide bonds. The number of benzene rings is 1. The number of carbonyl (C=O) groups is 1. The summed E-state index contributed by atoms with van der Waals surface area (Å²) in [4.78, 5) is 12.1. The first-order chi connectivity index (χ1) is 12.3. The van der Waals surface area contributed by atoms with Gasteiger partial charge in [-0.3, -0.25) is 4.79 Å². The zero-order chi connectivity index (χ0) is 17.3. The summed E-state index contributed by atoms with van der Waals surface area (Å²) < 4.78 is 0. The summed E-state index contributed by atoms with van der Waals surface area (Å²) in [5.41, 5.74) is 1.35. The van der Waals surface area contributed by atoms with Crippen molar-refractivity contribution in [2.75, 3.05) is 5.32 Å². The van der Waals surface area contributed by atoms with Crippen molar-refractivity contribution >= 4 is 22.4 Å². The lowest BCUT2D eigenvalue weighted by Gasteiger charge is -2.20. The summed E-state index contributed by atoms with van der Waals surface area (Å²) in [6, 6.07) is 10.5. The Kier molecular flexibility index (Phi) is 6.98. The molecule has 0 unspecified atom stereocenters. The van der Waals surface area contributed by atoms with Gasteiger partial charge >= 0.3 is 0 Å². The molecule has 3 rings (SSSR count). The van der Waals surface area contributed by atoms with E-state index in [0.29, 0.717) is 11.6 Å². The molecule has 0 saturated heterocycles. The number of anilines is 1. The van der Waals surface area contributed by atoms with Gasteiger partial charge in [0.05, 0.1) is 0 Å². The maximum absolute atomic E-state index is 12.1. The first-order valence-corrected chi connectivity index (χ1v) is 10.3. The molecule has 1 aromatic carbocycles. The maximum atomic E-state index is 12.1. The number of nitrogens with one attached hydrogen (secondary N) is 1. The van der Waals surface area contributed by atoms with E-state index in [1.807, 2.05) is 6.07 Å². The van der Waals surface area contributed by atoms with Gasteiger partial charge in [0.1, 0.15) is 5.01 Å². The predicted octanol–water partition coefficient (Wildman–Crippen LogP) is 5.01. The van der Waals surface area contributed by atoms with Gasteiger partial charge in [-0.25, -0.2) is 0 Å². The molecule has 2 aromatic rings. The van der Waals surface area contributed by atoms with Crippen molar-refractivity contribution in [3.05, 3.63) is 40.9 Å². The summed E-state index contributed by atoms with van der Waals surface area (Å²) in [5, 5.41) is 12.9. The molecule has 1 heterocycles. The second-order valence-electron chi connectivity index (χ2n) is 6.93. The van der Waals surface area contributed by atoms with Gasteiger partial charge in [0, 0.05) is 12.8 Å². The third-order valence-corrected chi connectivity index (χ3v) is 5.81. The fourth-order valence-electron chi connectivity index (χ4n) is 3.49. The third-order valence-electron chi connectivity index (χ3n) is 4.92. The molecule has 4 nitrogen and oxygen atoms in total. The van der Waals surface area contributed by atoms with Crippen molar-refractivity contribution in [1.82, 2.24) is 10.2 Å². The van der Waals surface area contributed by atoms with Crippen LogP contribution in [0.2, 0.25) is 0 Å². The van der Waals surface area contributed by atoms with Gasteiger partial charge in [0.25, 0.3) is 0 Å². The molecule has 0 radical (unpaired) electrons. The molecule has 0 bridgehead atoms. The lowest BCUT2D eigenvalue weighted by atomic mass is 9.86. The summed E-state index contributed by atoms with van der Waals surface area (Å²) in [6.07, 6.45) is 11.2. The quantitative estimate of drug-likeness (QED) is 0.722. The number of nitrogens with zero attached hydrogens (tertiary/aromatic N) is 2. The topological polar surface area (TPSA) is 54.9 Å². The van der Waals surface area contributed by atoms with E-state index in [2.05, 4.69) is 39.8 Å². The molecular formula is C20H27N3OS. The number of carbonyl (C=O) groups excluding carboxylic acids is 1. The second kappa shape index (κ2) is 9.66. The molecule has 134 valence electrons. The highest BCUT2D eigenvalue weighted by atomic mass is 32.1. The lowest BCUT2D eigenvalue weighted by Crippen LogP contribution is -2.14. The van der Waals surface area contributed by atoms with Crippen LogP contribution < -0.4 is 5.32 Å². The monoisotopic (exact) mass is 357 g/mol. The van der Waals surface area contributed by atoms with E-state index >= 15 is 0 Å². The highest BCUT2D eigenvalue weighted by molar-refractivity contribution is 7.15. The molecule has 1 N–H and O–H groups in total. The molecular weight excluding hydrogens is 330 g/mol. The van der Waals surface area contributed by atoms with Gasteiger partial charge in [0.15, 0.2) is 0 Å². The highest BCUT2D eigenvalue weighted by Crippen LogP contribution is 2.27. The molecule has 1 saturated carbocycles. The SMILES string of the molecule is O=C(CCC1CCCCC1)Nc1nnc(CCCc2ccccc2)s1. The molecule has 5 heteroatoms. The molecule has 1 fully saturated rings. The van der Waals surface area contributed by atoms with Crippen LogP contribution in [-0.2, 0) is 17.6 Å². The molecule has 25 heavy (non-hydrogen) atoms. The van der Waals surface area contributed by atoms with Gasteiger partial charge in [-0.1, -0.05) is 73.8 Å². The standard InChI is InChI=1S/C20H27N3OS/c24-18(15-14-17-10-5-2-6-11-17)21-20-23-22-19(25-20)13-7-12-16-8-3-1-4-9-16/h1,3-4,8-9,17H,2,5-7,10-15H2,(H,21,23,24). The van der Waals surface area contributed by atoms with Gasteiger partial charge in [-0.05, 0) is 30.7 Å². The van der Waals surface area contributed by atoms with Crippen LogP contribution in [0.25, 0.3) is 0 Å². The van der Waals surface area contributed by atoms with Crippen LogP contribution in [0.1, 0.15) is 61.9 Å². The summed E-state index contributed by atoms with van der Waals surface area (Å²) in [5.74, 6) is 0.819. The van der Waals surface area contributed by atoms with E-state index < -0.39 is 0 Å². The highest BCUT2D eigenvalue weighted by Gasteiger charge is 2.15. The first-order valence-electron chi connectivity index (χ1n) is 9.46. The Bertz CT molecular complexity index is 650. The Labute approximate surface area is 154 Å². The third kappa shape index (κ3) is 6.24. The number of rotatable bonds is 8. The van der Waals surface area contributed by atoms with E-state index in [9.17, 15) is 4.79 Å². The second-order valence-corrected chi connectivity index (χ2v) is 7.99. The Morgan fingerprint density at radius 1 is 1.08 bits per heavy atom. The van der Waals surface area contributed by atoms with Crippen LogP contribution in [0, 0.1) is 5.92 Å². The normalized spacial score (nSPS) is 15.2. The summed E-state index contributed by atoms with van der Waals surface area (Å²) in [6.45, 7) is 0. The maximum Gasteiger partial charge on any atom is 0.226 e. The number of aromatic nitrogens is 2. The largest absolute Gasteiger partial charge is 0.301 e. The molecule has 1 aliphatic rings. The smallest absolute Gasteiger partial charge is 0.226 e. The number of hydrogen-bond acceptors (Lipinski definition) is 4. The molecule has 1 aliphatic carbocycles. The minimum Gasteiger partial charge on any atom is -0.301 e. The molecule has 1 aromatic heterocycles. The zero-order valence-electron chi connectivity index (χ0n) is 14.7. The minimum atomic E-state index is 0.0811. The van der Waals surface area contributed by atoms with Crippen molar-refractivity contribution in [1.29, 1.82) is 0 Å². The van der Waals surface area contributed by atoms with E-state index in [0.717, 1.165) is 36.6 Å². The first kappa shape index (κ1) is 18.1. The van der Waals surface area contributed by atoms with Crippen molar-refractivity contribution in [3.8, 4) is 0 Å². The lowest BCUT2D eigenvalue weighted by molar-refractivity contribution is -0.116. The van der Waals surface area contributed by atoms with Crippen molar-refractivity contribution < 1.29 is 4.79 Å². The summed E-state index contributed by atoms with van der Waals surface area (Å²) in [7, 11) is 0. The fraction of sp³-hybridized carbons (Fsp3) is 0.550. The van der Waals surface area contributed by atoms with Crippen LogP contribution in [0.5, 0.6) is 0 Å². The van der Waals surface area contributed by atoms with Crippen LogP contribution >= 0.6 is 11.3 Å². The Morgan fingerprint density at radius 2 is 1.88 bits per heavy atom. The number of amides is 1. The van der Waals surface area contributed by atoms with Gasteiger partial charge in [0.2, 0.25) is 11.0 Å². The van der Waals surface area contributed by atoms with Gasteiger partial charge < -0.3 is 5.32 Å². The fourth-order valence-corrected chi connectivity index (χ4v) is 4.28. The van der Waals surface area contributed by atoms with Crippen LogP contribution in [0.15, 0.2) is 30.3 Å².